The molecule has 2 amide bonds. The van der Waals surface area contributed by atoms with E-state index in [1.54, 1.807) is 4.90 Å². The Morgan fingerprint density at radius 3 is 2.36 bits per heavy atom. The lowest BCUT2D eigenvalue weighted by atomic mass is 10.2. The van der Waals surface area contributed by atoms with Crippen molar-refractivity contribution in [1.82, 2.24) is 14.7 Å². The Morgan fingerprint density at radius 1 is 1.08 bits per heavy atom. The molecule has 1 heterocycles. The largest absolute Gasteiger partial charge is 0.450 e. The second-order valence-corrected chi connectivity index (χ2v) is 6.17. The van der Waals surface area contributed by atoms with Crippen molar-refractivity contribution in [1.29, 1.82) is 0 Å². The molecule has 1 saturated heterocycles. The van der Waals surface area contributed by atoms with Gasteiger partial charge in [-0.05, 0) is 19.4 Å². The summed E-state index contributed by atoms with van der Waals surface area (Å²) < 4.78 is 5.03. The third-order valence-corrected chi connectivity index (χ3v) is 4.49. The monoisotopic (exact) mass is 347 g/mol. The smallest absolute Gasteiger partial charge is 0.409 e. The Balaban J connectivity index is 1.73. The Hall–Kier alpha value is -2.08. The van der Waals surface area contributed by atoms with Crippen molar-refractivity contribution in [2.45, 2.75) is 26.8 Å². The molecule has 0 saturated carbocycles. The first-order valence-electron chi connectivity index (χ1n) is 9.09. The van der Waals surface area contributed by atoms with Crippen LogP contribution in [0.3, 0.4) is 0 Å². The van der Waals surface area contributed by atoms with Crippen LogP contribution in [0.25, 0.3) is 0 Å². The van der Waals surface area contributed by atoms with Crippen LogP contribution in [0.15, 0.2) is 30.3 Å². The van der Waals surface area contributed by atoms with Gasteiger partial charge in [-0.3, -0.25) is 9.69 Å². The van der Waals surface area contributed by atoms with Crippen LogP contribution in [0.1, 0.15) is 25.8 Å². The summed E-state index contributed by atoms with van der Waals surface area (Å²) in [6.45, 7) is 9.24. The molecule has 25 heavy (non-hydrogen) atoms. The summed E-state index contributed by atoms with van der Waals surface area (Å²) in [5.41, 5.74) is 1.15. The zero-order chi connectivity index (χ0) is 18.1. The fourth-order valence-corrected chi connectivity index (χ4v) is 2.96. The van der Waals surface area contributed by atoms with E-state index in [9.17, 15) is 9.59 Å². The number of carbonyl (C=O) groups excluding carboxylic acids is 2. The van der Waals surface area contributed by atoms with Gasteiger partial charge in [-0.25, -0.2) is 4.79 Å². The van der Waals surface area contributed by atoms with Crippen molar-refractivity contribution < 1.29 is 14.3 Å². The van der Waals surface area contributed by atoms with Crippen LogP contribution in [-0.4, -0.2) is 72.6 Å². The summed E-state index contributed by atoms with van der Waals surface area (Å²) >= 11 is 0. The number of carbonyl (C=O) groups is 2. The van der Waals surface area contributed by atoms with Gasteiger partial charge in [-0.2, -0.15) is 0 Å². The van der Waals surface area contributed by atoms with Crippen LogP contribution in [-0.2, 0) is 16.1 Å². The fourth-order valence-electron chi connectivity index (χ4n) is 2.96. The van der Waals surface area contributed by atoms with Crippen molar-refractivity contribution >= 4 is 12.0 Å². The number of nitrogens with zero attached hydrogens (tertiary/aromatic N) is 3. The van der Waals surface area contributed by atoms with E-state index in [1.807, 2.05) is 49.1 Å². The molecule has 138 valence electrons. The molecule has 0 unspecified atom stereocenters. The SMILES string of the molecule is CCOC(=O)N1CCN(CCC(=O)N(CC)Cc2ccccc2)CC1. The zero-order valence-corrected chi connectivity index (χ0v) is 15.3. The Labute approximate surface area is 150 Å². The van der Waals surface area contributed by atoms with Crippen LogP contribution in [0.4, 0.5) is 4.79 Å². The molecule has 0 atom stereocenters. The van der Waals surface area contributed by atoms with Gasteiger partial charge in [0.2, 0.25) is 5.91 Å². The molecule has 0 N–H and O–H groups in total. The average Bonchev–Trinajstić information content (AvgIpc) is 2.65. The van der Waals surface area contributed by atoms with Gasteiger partial charge in [-0.15, -0.1) is 0 Å². The summed E-state index contributed by atoms with van der Waals surface area (Å²) in [5.74, 6) is 0.180. The molecule has 6 nitrogen and oxygen atoms in total. The lowest BCUT2D eigenvalue weighted by Gasteiger charge is -2.34. The molecule has 0 radical (unpaired) electrons. The maximum Gasteiger partial charge on any atom is 0.409 e. The maximum atomic E-state index is 12.5. The zero-order valence-electron chi connectivity index (χ0n) is 15.3. The third-order valence-electron chi connectivity index (χ3n) is 4.49. The Morgan fingerprint density at radius 2 is 1.76 bits per heavy atom. The minimum Gasteiger partial charge on any atom is -0.450 e. The molecule has 1 aromatic carbocycles. The lowest BCUT2D eigenvalue weighted by molar-refractivity contribution is -0.132. The van der Waals surface area contributed by atoms with Crippen molar-refractivity contribution in [3.63, 3.8) is 0 Å². The van der Waals surface area contributed by atoms with E-state index in [-0.39, 0.29) is 12.0 Å². The standard InChI is InChI=1S/C19H29N3O3/c1-3-21(16-17-8-6-5-7-9-17)18(23)10-11-20-12-14-22(15-13-20)19(24)25-4-2/h5-9H,3-4,10-16H2,1-2H3. The van der Waals surface area contributed by atoms with Gasteiger partial charge in [0, 0.05) is 52.2 Å². The molecule has 1 aliphatic rings. The van der Waals surface area contributed by atoms with Gasteiger partial charge >= 0.3 is 6.09 Å². The molecular formula is C19H29N3O3. The highest BCUT2D eigenvalue weighted by molar-refractivity contribution is 5.76. The third kappa shape index (κ3) is 6.05. The van der Waals surface area contributed by atoms with Gasteiger partial charge in [0.05, 0.1) is 6.61 Å². The first-order chi connectivity index (χ1) is 12.1. The van der Waals surface area contributed by atoms with Crippen LogP contribution >= 0.6 is 0 Å². The van der Waals surface area contributed by atoms with E-state index in [1.165, 1.54) is 0 Å². The van der Waals surface area contributed by atoms with Gasteiger partial charge in [0.1, 0.15) is 0 Å². The van der Waals surface area contributed by atoms with Crippen LogP contribution in [0.5, 0.6) is 0 Å². The fraction of sp³-hybridized carbons (Fsp3) is 0.579. The molecule has 0 bridgehead atoms. The Kier molecular flexibility index (Phi) is 7.73. The summed E-state index contributed by atoms with van der Waals surface area (Å²) in [7, 11) is 0. The van der Waals surface area contributed by atoms with E-state index in [0.29, 0.717) is 39.2 Å². The summed E-state index contributed by atoms with van der Waals surface area (Å²) in [5, 5.41) is 0. The topological polar surface area (TPSA) is 53.1 Å². The lowest BCUT2D eigenvalue weighted by Crippen LogP contribution is -2.49. The molecule has 2 rings (SSSR count). The second-order valence-electron chi connectivity index (χ2n) is 6.17. The number of hydrogen-bond acceptors (Lipinski definition) is 4. The number of ether oxygens (including phenoxy) is 1. The van der Waals surface area contributed by atoms with Crippen LogP contribution in [0, 0.1) is 0 Å². The van der Waals surface area contributed by atoms with E-state index >= 15 is 0 Å². The van der Waals surface area contributed by atoms with Gasteiger partial charge < -0.3 is 14.5 Å². The number of benzene rings is 1. The minimum absolute atomic E-state index is 0.180. The summed E-state index contributed by atoms with van der Waals surface area (Å²) in [6, 6.07) is 10.1. The number of rotatable bonds is 7. The highest BCUT2D eigenvalue weighted by Crippen LogP contribution is 2.08. The summed E-state index contributed by atoms with van der Waals surface area (Å²) in [4.78, 5) is 30.1. The minimum atomic E-state index is -0.238. The quantitative estimate of drug-likeness (QED) is 0.759. The average molecular weight is 347 g/mol. The predicted octanol–water partition coefficient (Wildman–Crippen LogP) is 2.20. The molecular weight excluding hydrogens is 318 g/mol. The van der Waals surface area contributed by atoms with Crippen molar-refractivity contribution in [2.24, 2.45) is 0 Å². The van der Waals surface area contributed by atoms with Crippen LogP contribution in [0.2, 0.25) is 0 Å². The molecule has 0 aliphatic carbocycles. The van der Waals surface area contributed by atoms with Crippen molar-refractivity contribution in [3.8, 4) is 0 Å². The van der Waals surface area contributed by atoms with Gasteiger partial charge in [0.15, 0.2) is 0 Å². The molecule has 0 spiro atoms. The second kappa shape index (κ2) is 10.0. The van der Waals surface area contributed by atoms with E-state index in [2.05, 4.69) is 4.90 Å². The van der Waals surface area contributed by atoms with E-state index in [4.69, 9.17) is 4.74 Å². The number of hydrogen-bond donors (Lipinski definition) is 0. The molecule has 1 fully saturated rings. The Bertz CT molecular complexity index is 542. The van der Waals surface area contributed by atoms with Crippen molar-refractivity contribution in [3.05, 3.63) is 35.9 Å². The maximum absolute atomic E-state index is 12.5. The number of amides is 2. The predicted molar refractivity (Wildman–Crippen MR) is 97.2 cm³/mol. The molecule has 0 aromatic heterocycles. The van der Waals surface area contributed by atoms with E-state index < -0.39 is 0 Å². The van der Waals surface area contributed by atoms with Gasteiger partial charge in [-0.1, -0.05) is 30.3 Å². The highest BCUT2D eigenvalue weighted by Gasteiger charge is 2.22. The molecule has 6 heteroatoms. The van der Waals surface area contributed by atoms with Gasteiger partial charge in [0.25, 0.3) is 0 Å². The first kappa shape index (κ1) is 19.2. The van der Waals surface area contributed by atoms with Crippen LogP contribution < -0.4 is 0 Å². The number of piperazine rings is 1. The highest BCUT2D eigenvalue weighted by atomic mass is 16.6. The van der Waals surface area contributed by atoms with Crippen molar-refractivity contribution in [2.75, 3.05) is 45.9 Å². The molecule has 1 aliphatic heterocycles. The van der Waals surface area contributed by atoms with E-state index in [0.717, 1.165) is 25.2 Å². The first-order valence-corrected chi connectivity index (χ1v) is 9.09. The normalized spacial score (nSPS) is 15.0. The molecule has 1 aromatic rings. The summed E-state index contributed by atoms with van der Waals surface area (Å²) in [6.07, 6.45) is 0.276.